The summed E-state index contributed by atoms with van der Waals surface area (Å²) in [5.41, 5.74) is 2.79. The molecule has 0 aliphatic rings. The second-order valence-corrected chi connectivity index (χ2v) is 4.91. The first kappa shape index (κ1) is 15.2. The number of hydrogen-bond acceptors (Lipinski definition) is 1. The van der Waals surface area contributed by atoms with Crippen molar-refractivity contribution in [2.24, 2.45) is 5.92 Å². The molecule has 16 heavy (non-hydrogen) atoms. The highest BCUT2D eigenvalue weighted by Gasteiger charge is 2.06. The third-order valence-corrected chi connectivity index (χ3v) is 2.69. The lowest BCUT2D eigenvalue weighted by Crippen LogP contribution is -2.02. The third kappa shape index (κ3) is 8.46. The van der Waals surface area contributed by atoms with Crippen LogP contribution in [0.4, 0.5) is 0 Å². The van der Waals surface area contributed by atoms with E-state index in [1.807, 2.05) is 0 Å². The maximum atomic E-state index is 11.1. The highest BCUT2D eigenvalue weighted by atomic mass is 16.1. The molecule has 0 saturated heterocycles. The molecule has 0 saturated carbocycles. The molecule has 0 amide bonds. The molecule has 0 aromatic rings. The fourth-order valence-electron chi connectivity index (χ4n) is 1.76. The van der Waals surface area contributed by atoms with Crippen LogP contribution < -0.4 is 0 Å². The molecule has 0 fully saturated rings. The van der Waals surface area contributed by atoms with Gasteiger partial charge in [-0.2, -0.15) is 0 Å². The van der Waals surface area contributed by atoms with Gasteiger partial charge in [-0.3, -0.25) is 0 Å². The number of allylic oxidation sites excluding steroid dienone is 4. The predicted molar refractivity (Wildman–Crippen MR) is 71.5 cm³/mol. The summed E-state index contributed by atoms with van der Waals surface area (Å²) in [5.74, 6) is 0.726. The van der Waals surface area contributed by atoms with E-state index in [0.29, 0.717) is 18.1 Å². The number of hydrogen-bond donors (Lipinski definition) is 0. The quantitative estimate of drug-likeness (QED) is 0.571. The lowest BCUT2D eigenvalue weighted by molar-refractivity contribution is -0.117. The van der Waals surface area contributed by atoms with Crippen LogP contribution >= 0.6 is 0 Å². The van der Waals surface area contributed by atoms with Gasteiger partial charge < -0.3 is 4.79 Å². The van der Waals surface area contributed by atoms with Crippen molar-refractivity contribution in [1.29, 1.82) is 0 Å². The molecule has 1 atom stereocenters. The minimum atomic E-state index is 0.292. The van der Waals surface area contributed by atoms with Gasteiger partial charge in [-0.15, -0.1) is 0 Å². The summed E-state index contributed by atoms with van der Waals surface area (Å²) in [6, 6.07) is 0. The second-order valence-electron chi connectivity index (χ2n) is 4.91. The average Bonchev–Trinajstić information content (AvgIpc) is 2.15. The maximum Gasteiger partial charge on any atom is 0.130 e. The number of carbonyl (C=O) groups excluding carboxylic acids is 1. The topological polar surface area (TPSA) is 17.1 Å². The van der Waals surface area contributed by atoms with E-state index >= 15 is 0 Å². The van der Waals surface area contributed by atoms with Crippen LogP contribution in [0, 0.1) is 5.92 Å². The molecule has 0 rings (SSSR count). The Morgan fingerprint density at radius 1 is 1.19 bits per heavy atom. The van der Waals surface area contributed by atoms with Gasteiger partial charge in [0.25, 0.3) is 0 Å². The molecule has 0 aliphatic carbocycles. The highest BCUT2D eigenvalue weighted by molar-refractivity contribution is 5.75. The number of Topliss-reactive ketones (excluding diaryl/α,β-unsaturated/α-hetero) is 1. The van der Waals surface area contributed by atoms with Crippen molar-refractivity contribution in [3.05, 3.63) is 23.3 Å². The Kier molecular flexibility index (Phi) is 7.88. The van der Waals surface area contributed by atoms with Crippen molar-refractivity contribution in [2.75, 3.05) is 0 Å². The van der Waals surface area contributed by atoms with Gasteiger partial charge in [0.15, 0.2) is 0 Å². The van der Waals surface area contributed by atoms with Gasteiger partial charge in [-0.1, -0.05) is 30.2 Å². The minimum absolute atomic E-state index is 0.292. The average molecular weight is 222 g/mol. The third-order valence-electron chi connectivity index (χ3n) is 2.69. The minimum Gasteiger partial charge on any atom is -0.300 e. The van der Waals surface area contributed by atoms with Crippen LogP contribution in [0.2, 0.25) is 0 Å². The monoisotopic (exact) mass is 222 g/mol. The van der Waals surface area contributed by atoms with E-state index < -0.39 is 0 Å². The van der Waals surface area contributed by atoms with E-state index in [4.69, 9.17) is 0 Å². The summed E-state index contributed by atoms with van der Waals surface area (Å²) in [6.45, 7) is 10.2. The van der Waals surface area contributed by atoms with Gasteiger partial charge in [0, 0.05) is 6.42 Å². The van der Waals surface area contributed by atoms with E-state index in [-0.39, 0.29) is 0 Å². The molecule has 0 aliphatic heterocycles. The first-order valence-corrected chi connectivity index (χ1v) is 6.25. The van der Waals surface area contributed by atoms with Gasteiger partial charge in [-0.25, -0.2) is 0 Å². The van der Waals surface area contributed by atoms with Gasteiger partial charge in [0.2, 0.25) is 0 Å². The standard InChI is InChI=1S/C15H26O/c1-6-15(11-14(5)16)10-13(4)9-7-8-12(2)3/h8,10,15H,6-7,9,11H2,1-5H3/b13-10+. The first-order chi connectivity index (χ1) is 7.45. The Morgan fingerprint density at radius 2 is 1.81 bits per heavy atom. The molecule has 0 spiro atoms. The van der Waals surface area contributed by atoms with Crippen LogP contribution in [0.3, 0.4) is 0 Å². The lowest BCUT2D eigenvalue weighted by atomic mass is 9.96. The summed E-state index contributed by atoms with van der Waals surface area (Å²) in [7, 11) is 0. The highest BCUT2D eigenvalue weighted by Crippen LogP contribution is 2.16. The van der Waals surface area contributed by atoms with Crippen molar-refractivity contribution in [3.8, 4) is 0 Å². The number of rotatable bonds is 7. The zero-order valence-electron chi connectivity index (χ0n) is 11.5. The van der Waals surface area contributed by atoms with Crippen LogP contribution in [0.1, 0.15) is 60.3 Å². The summed E-state index contributed by atoms with van der Waals surface area (Å²) >= 11 is 0. The second kappa shape index (κ2) is 8.32. The zero-order valence-corrected chi connectivity index (χ0v) is 11.5. The van der Waals surface area contributed by atoms with E-state index in [2.05, 4.69) is 39.8 Å². The van der Waals surface area contributed by atoms with Crippen molar-refractivity contribution in [2.45, 2.75) is 60.3 Å². The van der Waals surface area contributed by atoms with Crippen molar-refractivity contribution >= 4 is 5.78 Å². The van der Waals surface area contributed by atoms with E-state index in [1.165, 1.54) is 11.1 Å². The molecule has 0 heterocycles. The Hall–Kier alpha value is -0.850. The fourth-order valence-corrected chi connectivity index (χ4v) is 1.76. The Balaban J connectivity index is 4.16. The summed E-state index contributed by atoms with van der Waals surface area (Å²) in [6.07, 6.45) is 8.51. The molecule has 0 radical (unpaired) electrons. The van der Waals surface area contributed by atoms with Crippen LogP contribution in [-0.4, -0.2) is 5.78 Å². The van der Waals surface area contributed by atoms with Crippen LogP contribution in [-0.2, 0) is 4.79 Å². The lowest BCUT2D eigenvalue weighted by Gasteiger charge is -2.09. The smallest absolute Gasteiger partial charge is 0.130 e. The summed E-state index contributed by atoms with van der Waals surface area (Å²) in [4.78, 5) is 11.1. The van der Waals surface area contributed by atoms with E-state index in [9.17, 15) is 4.79 Å². The Labute approximate surface area is 101 Å². The Bertz CT molecular complexity index is 267. The Morgan fingerprint density at radius 3 is 2.25 bits per heavy atom. The molecular weight excluding hydrogens is 196 g/mol. The summed E-state index contributed by atoms with van der Waals surface area (Å²) in [5, 5.41) is 0. The molecule has 1 heteroatoms. The van der Waals surface area contributed by atoms with Crippen molar-refractivity contribution < 1.29 is 4.79 Å². The predicted octanol–water partition coefficient (Wildman–Crippen LogP) is 4.68. The molecule has 1 unspecified atom stereocenters. The van der Waals surface area contributed by atoms with Crippen molar-refractivity contribution in [3.63, 3.8) is 0 Å². The fraction of sp³-hybridized carbons (Fsp3) is 0.667. The normalized spacial score (nSPS) is 13.4. The SMILES string of the molecule is CCC(/C=C(\C)CCC=C(C)C)CC(C)=O. The van der Waals surface area contributed by atoms with Crippen LogP contribution in [0.15, 0.2) is 23.3 Å². The van der Waals surface area contributed by atoms with Gasteiger partial charge in [0.05, 0.1) is 0 Å². The van der Waals surface area contributed by atoms with Gasteiger partial charge >= 0.3 is 0 Å². The van der Waals surface area contributed by atoms with Crippen LogP contribution in [0.25, 0.3) is 0 Å². The zero-order chi connectivity index (χ0) is 12.6. The maximum absolute atomic E-state index is 11.1. The summed E-state index contributed by atoms with van der Waals surface area (Å²) < 4.78 is 0. The molecule has 92 valence electrons. The largest absolute Gasteiger partial charge is 0.300 e. The molecule has 0 aromatic carbocycles. The van der Waals surface area contributed by atoms with Gasteiger partial charge in [-0.05, 0) is 52.9 Å². The number of carbonyl (C=O) groups is 1. The van der Waals surface area contributed by atoms with Gasteiger partial charge in [0.1, 0.15) is 5.78 Å². The van der Waals surface area contributed by atoms with E-state index in [0.717, 1.165) is 19.3 Å². The molecular formula is C15H26O. The molecule has 0 aromatic heterocycles. The van der Waals surface area contributed by atoms with Crippen LogP contribution in [0.5, 0.6) is 0 Å². The first-order valence-electron chi connectivity index (χ1n) is 6.25. The molecule has 0 N–H and O–H groups in total. The molecule has 1 nitrogen and oxygen atoms in total. The van der Waals surface area contributed by atoms with Crippen molar-refractivity contribution in [1.82, 2.24) is 0 Å². The number of ketones is 1. The van der Waals surface area contributed by atoms with E-state index in [1.54, 1.807) is 6.92 Å². The molecule has 0 bridgehead atoms.